The van der Waals surface area contributed by atoms with Crippen molar-refractivity contribution in [3.63, 3.8) is 0 Å². The van der Waals surface area contributed by atoms with Crippen LogP contribution in [0.15, 0.2) is 61.4 Å². The number of aromatic nitrogens is 3. The lowest BCUT2D eigenvalue weighted by Gasteiger charge is -2.26. The lowest BCUT2D eigenvalue weighted by atomic mass is 10.2. The van der Waals surface area contributed by atoms with Gasteiger partial charge in [0.05, 0.1) is 36.8 Å². The zero-order valence-electron chi connectivity index (χ0n) is 23.3. The molecule has 1 amide bonds. The Balaban J connectivity index is 1.73. The first-order valence-electron chi connectivity index (χ1n) is 12.5. The van der Waals surface area contributed by atoms with E-state index >= 15 is 0 Å². The average molecular weight is 530 g/mol. The first kappa shape index (κ1) is 27.5. The second-order valence-corrected chi connectivity index (χ2v) is 9.39. The van der Waals surface area contributed by atoms with Crippen molar-refractivity contribution in [3.05, 3.63) is 67.0 Å². The van der Waals surface area contributed by atoms with Crippen molar-refractivity contribution in [2.24, 2.45) is 0 Å². The summed E-state index contributed by atoms with van der Waals surface area (Å²) < 4.78 is 13.3. The van der Waals surface area contributed by atoms with Crippen molar-refractivity contribution in [3.8, 4) is 17.3 Å². The SMILES string of the molecule is C=CC(=O)Nc1cc(Nc2ncc(C)c(-n3ccc4c(OC)cccc43)n2)c(OC)cc1N(C)CCN(C)C. The molecule has 0 aliphatic rings. The van der Waals surface area contributed by atoms with Gasteiger partial charge in [0.1, 0.15) is 17.3 Å². The number of hydrogen-bond donors (Lipinski definition) is 2. The van der Waals surface area contributed by atoms with E-state index in [9.17, 15) is 4.79 Å². The molecular weight excluding hydrogens is 494 g/mol. The van der Waals surface area contributed by atoms with Gasteiger partial charge in [0.15, 0.2) is 0 Å². The number of ether oxygens (including phenoxy) is 2. The number of carbonyl (C=O) groups is 1. The van der Waals surface area contributed by atoms with E-state index in [4.69, 9.17) is 14.5 Å². The molecular formula is C29H35N7O3. The molecule has 0 aliphatic carbocycles. The Bertz CT molecular complexity index is 1500. The van der Waals surface area contributed by atoms with Crippen molar-refractivity contribution < 1.29 is 14.3 Å². The van der Waals surface area contributed by atoms with E-state index in [1.807, 2.05) is 75.2 Å². The molecule has 0 fully saturated rings. The minimum absolute atomic E-state index is 0.308. The summed E-state index contributed by atoms with van der Waals surface area (Å²) in [6, 6.07) is 11.6. The van der Waals surface area contributed by atoms with E-state index in [0.717, 1.165) is 46.8 Å². The molecule has 10 heteroatoms. The van der Waals surface area contributed by atoms with Gasteiger partial charge in [-0.2, -0.15) is 4.98 Å². The highest BCUT2D eigenvalue weighted by Crippen LogP contribution is 2.38. The second-order valence-electron chi connectivity index (χ2n) is 9.39. The van der Waals surface area contributed by atoms with Crippen LogP contribution in [0.25, 0.3) is 16.7 Å². The van der Waals surface area contributed by atoms with E-state index in [0.29, 0.717) is 23.1 Å². The first-order chi connectivity index (χ1) is 18.7. The van der Waals surface area contributed by atoms with Crippen molar-refractivity contribution in [2.75, 3.05) is 64.0 Å². The van der Waals surface area contributed by atoms with Gasteiger partial charge in [0.2, 0.25) is 11.9 Å². The normalized spacial score (nSPS) is 10.9. The summed E-state index contributed by atoms with van der Waals surface area (Å²) in [6.07, 6.45) is 4.98. The van der Waals surface area contributed by atoms with Gasteiger partial charge in [-0.1, -0.05) is 12.6 Å². The fourth-order valence-corrected chi connectivity index (χ4v) is 4.27. The molecule has 2 aromatic heterocycles. The molecule has 0 saturated carbocycles. The summed E-state index contributed by atoms with van der Waals surface area (Å²) in [5, 5.41) is 7.19. The predicted molar refractivity (Wildman–Crippen MR) is 157 cm³/mol. The zero-order chi connectivity index (χ0) is 28.1. The standard InChI is InChI=1S/C29H35N7O3/c1-8-27(37)31-21-16-22(26(39-7)17-24(21)35(5)15-14-34(3)4)32-29-30-18-19(2)28(33-29)36-13-12-20-23(36)10-9-11-25(20)38-6/h8-13,16-18H,1,14-15H2,2-7H3,(H,31,37)(H,30,32,33). The molecule has 4 aromatic rings. The largest absolute Gasteiger partial charge is 0.496 e. The molecule has 10 nitrogen and oxygen atoms in total. The molecule has 2 N–H and O–H groups in total. The van der Waals surface area contributed by atoms with Gasteiger partial charge in [0.25, 0.3) is 0 Å². The van der Waals surface area contributed by atoms with E-state index < -0.39 is 0 Å². The maximum atomic E-state index is 12.3. The maximum Gasteiger partial charge on any atom is 0.247 e. The Kier molecular flexibility index (Phi) is 8.36. The fourth-order valence-electron chi connectivity index (χ4n) is 4.27. The molecule has 0 aliphatic heterocycles. The minimum Gasteiger partial charge on any atom is -0.496 e. The summed E-state index contributed by atoms with van der Waals surface area (Å²) in [4.78, 5) is 25.8. The highest BCUT2D eigenvalue weighted by molar-refractivity contribution is 6.02. The Morgan fingerprint density at radius 3 is 2.54 bits per heavy atom. The molecule has 0 radical (unpaired) electrons. The number of likely N-dealkylation sites (N-methyl/N-ethyl adjacent to an activating group) is 2. The number of amides is 1. The van der Waals surface area contributed by atoms with Gasteiger partial charge in [0, 0.05) is 49.5 Å². The highest BCUT2D eigenvalue weighted by Gasteiger charge is 2.17. The van der Waals surface area contributed by atoms with E-state index in [1.54, 1.807) is 20.4 Å². The van der Waals surface area contributed by atoms with Crippen LogP contribution in [0.3, 0.4) is 0 Å². The monoisotopic (exact) mass is 529 g/mol. The minimum atomic E-state index is -0.308. The summed E-state index contributed by atoms with van der Waals surface area (Å²) in [7, 11) is 9.28. The van der Waals surface area contributed by atoms with Crippen LogP contribution < -0.4 is 25.0 Å². The van der Waals surface area contributed by atoms with Crippen LogP contribution in [0.1, 0.15) is 5.56 Å². The smallest absolute Gasteiger partial charge is 0.247 e. The lowest BCUT2D eigenvalue weighted by molar-refractivity contribution is -0.111. The van der Waals surface area contributed by atoms with Crippen LogP contribution in [0.2, 0.25) is 0 Å². The molecule has 0 unspecified atom stereocenters. The van der Waals surface area contributed by atoms with Gasteiger partial charge in [-0.05, 0) is 51.4 Å². The van der Waals surface area contributed by atoms with Gasteiger partial charge in [-0.15, -0.1) is 0 Å². The van der Waals surface area contributed by atoms with Crippen molar-refractivity contribution >= 4 is 39.8 Å². The van der Waals surface area contributed by atoms with E-state index in [2.05, 4.69) is 32.0 Å². The number of anilines is 4. The number of fused-ring (bicyclic) bond motifs is 1. The quantitative estimate of drug-likeness (QED) is 0.272. The van der Waals surface area contributed by atoms with Crippen molar-refractivity contribution in [2.45, 2.75) is 6.92 Å². The number of hydrogen-bond acceptors (Lipinski definition) is 8. The summed E-state index contributed by atoms with van der Waals surface area (Å²) in [5.74, 6) is 2.19. The lowest BCUT2D eigenvalue weighted by Crippen LogP contribution is -2.29. The van der Waals surface area contributed by atoms with Crippen LogP contribution in [0.5, 0.6) is 11.5 Å². The molecule has 39 heavy (non-hydrogen) atoms. The molecule has 204 valence electrons. The van der Waals surface area contributed by atoms with Gasteiger partial charge < -0.3 is 34.5 Å². The summed E-state index contributed by atoms with van der Waals surface area (Å²) in [5.41, 5.74) is 3.91. The van der Waals surface area contributed by atoms with Crippen LogP contribution >= 0.6 is 0 Å². The number of nitrogens with one attached hydrogen (secondary N) is 2. The molecule has 0 atom stereocenters. The Labute approximate surface area is 228 Å². The average Bonchev–Trinajstić information content (AvgIpc) is 3.37. The first-order valence-corrected chi connectivity index (χ1v) is 12.5. The fraction of sp³-hybridized carbons (Fsp3) is 0.276. The van der Waals surface area contributed by atoms with Crippen molar-refractivity contribution in [1.29, 1.82) is 0 Å². The van der Waals surface area contributed by atoms with Crippen LogP contribution in [0.4, 0.5) is 23.0 Å². The number of benzene rings is 2. The summed E-state index contributed by atoms with van der Waals surface area (Å²) >= 11 is 0. The van der Waals surface area contributed by atoms with E-state index in [1.165, 1.54) is 6.08 Å². The molecule has 0 bridgehead atoms. The molecule has 0 saturated heterocycles. The Hall–Kier alpha value is -4.57. The number of aryl methyl sites for hydroxylation is 1. The van der Waals surface area contributed by atoms with Gasteiger partial charge in [-0.3, -0.25) is 4.79 Å². The van der Waals surface area contributed by atoms with Crippen molar-refractivity contribution in [1.82, 2.24) is 19.4 Å². The number of methoxy groups -OCH3 is 2. The van der Waals surface area contributed by atoms with E-state index in [-0.39, 0.29) is 5.91 Å². The van der Waals surface area contributed by atoms with Gasteiger partial charge >= 0.3 is 0 Å². The van der Waals surface area contributed by atoms with Crippen LogP contribution in [-0.4, -0.2) is 73.8 Å². The maximum absolute atomic E-state index is 12.3. The zero-order valence-corrected chi connectivity index (χ0v) is 23.3. The van der Waals surface area contributed by atoms with Crippen LogP contribution in [0, 0.1) is 6.92 Å². The number of rotatable bonds is 11. The third-order valence-electron chi connectivity index (χ3n) is 6.39. The number of nitrogens with zero attached hydrogens (tertiary/aromatic N) is 5. The predicted octanol–water partition coefficient (Wildman–Crippen LogP) is 4.61. The van der Waals surface area contributed by atoms with Crippen LogP contribution in [-0.2, 0) is 4.79 Å². The third-order valence-corrected chi connectivity index (χ3v) is 6.39. The number of carbonyl (C=O) groups excluding carboxylic acids is 1. The Morgan fingerprint density at radius 1 is 1.08 bits per heavy atom. The second kappa shape index (κ2) is 11.9. The Morgan fingerprint density at radius 2 is 1.85 bits per heavy atom. The molecule has 0 spiro atoms. The third kappa shape index (κ3) is 5.96. The molecule has 4 rings (SSSR count). The topological polar surface area (TPSA) is 96.8 Å². The highest BCUT2D eigenvalue weighted by atomic mass is 16.5. The molecule has 2 aromatic carbocycles. The molecule has 2 heterocycles. The van der Waals surface area contributed by atoms with Gasteiger partial charge in [-0.25, -0.2) is 4.98 Å². The summed E-state index contributed by atoms with van der Waals surface area (Å²) in [6.45, 7) is 7.14.